The molecule has 7 nitrogen and oxygen atoms in total. The first kappa shape index (κ1) is 18.6. The Morgan fingerprint density at radius 3 is 2.52 bits per heavy atom. The molecule has 1 unspecified atom stereocenters. The van der Waals surface area contributed by atoms with E-state index in [2.05, 4.69) is 12.2 Å². The number of unbranched alkanes of at least 4 members (excludes halogenated alkanes) is 2. The third-order valence-corrected chi connectivity index (χ3v) is 4.10. The van der Waals surface area contributed by atoms with Crippen LogP contribution in [0.3, 0.4) is 0 Å². The number of imide groups is 1. The van der Waals surface area contributed by atoms with Crippen LogP contribution in [-0.2, 0) is 14.4 Å². The molecule has 1 aromatic rings. The summed E-state index contributed by atoms with van der Waals surface area (Å²) in [6, 6.07) is 6.85. The van der Waals surface area contributed by atoms with Crippen LogP contribution in [0.5, 0.6) is 0 Å². The van der Waals surface area contributed by atoms with Gasteiger partial charge in [-0.15, -0.1) is 0 Å². The van der Waals surface area contributed by atoms with E-state index in [-0.39, 0.29) is 6.54 Å². The Morgan fingerprint density at radius 1 is 1.16 bits per heavy atom. The largest absolute Gasteiger partial charge is 0.333 e. The average Bonchev–Trinajstić information content (AvgIpc) is 2.64. The summed E-state index contributed by atoms with van der Waals surface area (Å²) in [5.74, 6) is -1.54. The van der Waals surface area contributed by atoms with E-state index in [0.29, 0.717) is 18.7 Å². The number of amides is 4. The van der Waals surface area contributed by atoms with E-state index >= 15 is 0 Å². The first-order valence-electron chi connectivity index (χ1n) is 8.42. The minimum absolute atomic E-state index is 0.114. The normalized spacial score (nSPS) is 15.9. The zero-order valence-electron chi connectivity index (χ0n) is 14.2. The molecule has 1 N–H and O–H groups in total. The molecule has 0 bridgehead atoms. The molecule has 1 aliphatic rings. The van der Waals surface area contributed by atoms with Crippen molar-refractivity contribution in [3.63, 3.8) is 0 Å². The standard InChI is InChI=1S/C18H22N3O4/c1-2-3-7-10-20-11-12-21(17(24)16(20)23)18(25)19-15(13-22)14-8-5-4-6-9-14/h4-6,8-9,15H,2-3,7,10-12H2,1H3,(H,19,25). The molecule has 1 saturated heterocycles. The average molecular weight is 344 g/mol. The van der Waals surface area contributed by atoms with E-state index in [4.69, 9.17) is 0 Å². The SMILES string of the molecule is CCCCCN1CCN(C(=O)NC([C]=O)c2ccccc2)C(=O)C1=O. The monoisotopic (exact) mass is 344 g/mol. The number of carbonyl (C=O) groups excluding carboxylic acids is 4. The molecule has 2 rings (SSSR count). The van der Waals surface area contributed by atoms with Crippen LogP contribution in [0, 0.1) is 0 Å². The highest BCUT2D eigenvalue weighted by Crippen LogP contribution is 2.12. The molecule has 4 amide bonds. The van der Waals surface area contributed by atoms with Gasteiger partial charge in [0.15, 0.2) is 0 Å². The van der Waals surface area contributed by atoms with Crippen LogP contribution in [0.4, 0.5) is 4.79 Å². The Morgan fingerprint density at radius 2 is 1.88 bits per heavy atom. The third-order valence-electron chi connectivity index (χ3n) is 4.10. The van der Waals surface area contributed by atoms with Crippen molar-refractivity contribution >= 4 is 24.1 Å². The molecule has 0 aromatic heterocycles. The number of hydrogen-bond acceptors (Lipinski definition) is 4. The fourth-order valence-electron chi connectivity index (χ4n) is 2.66. The molecule has 1 radical (unpaired) electrons. The second kappa shape index (κ2) is 8.96. The van der Waals surface area contributed by atoms with Crippen molar-refractivity contribution in [3.8, 4) is 0 Å². The fraction of sp³-hybridized carbons (Fsp3) is 0.444. The van der Waals surface area contributed by atoms with Crippen molar-refractivity contribution < 1.29 is 19.2 Å². The second-order valence-corrected chi connectivity index (χ2v) is 5.87. The first-order chi connectivity index (χ1) is 12.1. The Hall–Kier alpha value is -2.70. The summed E-state index contributed by atoms with van der Waals surface area (Å²) >= 11 is 0. The summed E-state index contributed by atoms with van der Waals surface area (Å²) in [6.07, 6.45) is 4.58. The van der Waals surface area contributed by atoms with Gasteiger partial charge in [0.05, 0.1) is 0 Å². The summed E-state index contributed by atoms with van der Waals surface area (Å²) in [5.41, 5.74) is 0.558. The first-order valence-corrected chi connectivity index (χ1v) is 8.42. The number of urea groups is 1. The Kier molecular flexibility index (Phi) is 6.68. The van der Waals surface area contributed by atoms with E-state index in [1.54, 1.807) is 36.6 Å². The number of nitrogens with one attached hydrogen (secondary N) is 1. The van der Waals surface area contributed by atoms with Crippen molar-refractivity contribution in [1.29, 1.82) is 0 Å². The quantitative estimate of drug-likeness (QED) is 0.598. The van der Waals surface area contributed by atoms with Gasteiger partial charge in [-0.05, 0) is 12.0 Å². The number of hydrogen-bond donors (Lipinski definition) is 1. The number of carbonyl (C=O) groups is 3. The summed E-state index contributed by atoms with van der Waals surface area (Å²) in [5, 5.41) is 2.44. The highest BCUT2D eigenvalue weighted by molar-refractivity contribution is 6.38. The predicted molar refractivity (Wildman–Crippen MR) is 91.2 cm³/mol. The highest BCUT2D eigenvalue weighted by atomic mass is 16.2. The van der Waals surface area contributed by atoms with Gasteiger partial charge >= 0.3 is 17.8 Å². The van der Waals surface area contributed by atoms with Crippen LogP contribution in [0.1, 0.15) is 37.8 Å². The maximum atomic E-state index is 12.3. The molecular formula is C18H22N3O4. The molecule has 133 valence electrons. The Labute approximate surface area is 147 Å². The third kappa shape index (κ3) is 4.65. The molecule has 0 spiro atoms. The molecule has 7 heteroatoms. The van der Waals surface area contributed by atoms with Crippen LogP contribution in [-0.4, -0.2) is 53.6 Å². The lowest BCUT2D eigenvalue weighted by molar-refractivity contribution is -0.153. The van der Waals surface area contributed by atoms with Crippen LogP contribution in [0.25, 0.3) is 0 Å². The maximum Gasteiger partial charge on any atom is 0.325 e. The molecule has 0 aliphatic carbocycles. The van der Waals surface area contributed by atoms with E-state index in [1.807, 2.05) is 0 Å². The van der Waals surface area contributed by atoms with Crippen LogP contribution < -0.4 is 5.32 Å². The zero-order chi connectivity index (χ0) is 18.2. The lowest BCUT2D eigenvalue weighted by Gasteiger charge is -2.33. The van der Waals surface area contributed by atoms with E-state index in [0.717, 1.165) is 24.2 Å². The van der Waals surface area contributed by atoms with E-state index in [1.165, 1.54) is 4.90 Å². The van der Waals surface area contributed by atoms with Gasteiger partial charge in [0.2, 0.25) is 6.29 Å². The van der Waals surface area contributed by atoms with Gasteiger partial charge in [-0.25, -0.2) is 4.79 Å². The zero-order valence-corrected chi connectivity index (χ0v) is 14.2. The number of nitrogens with zero attached hydrogens (tertiary/aromatic N) is 2. The second-order valence-electron chi connectivity index (χ2n) is 5.87. The van der Waals surface area contributed by atoms with Gasteiger partial charge in [-0.1, -0.05) is 50.1 Å². The molecule has 1 heterocycles. The fourth-order valence-corrected chi connectivity index (χ4v) is 2.66. The van der Waals surface area contributed by atoms with Gasteiger partial charge in [-0.2, -0.15) is 0 Å². The molecule has 25 heavy (non-hydrogen) atoms. The summed E-state index contributed by atoms with van der Waals surface area (Å²) in [6.45, 7) is 3.00. The summed E-state index contributed by atoms with van der Waals surface area (Å²) in [4.78, 5) is 50.1. The van der Waals surface area contributed by atoms with Crippen LogP contribution >= 0.6 is 0 Å². The molecule has 1 fully saturated rings. The van der Waals surface area contributed by atoms with Crippen molar-refractivity contribution in [3.05, 3.63) is 35.9 Å². The van der Waals surface area contributed by atoms with E-state index in [9.17, 15) is 19.2 Å². The topological polar surface area (TPSA) is 86.8 Å². The van der Waals surface area contributed by atoms with Gasteiger partial charge in [0.25, 0.3) is 0 Å². The Balaban J connectivity index is 1.97. The van der Waals surface area contributed by atoms with Gasteiger partial charge < -0.3 is 10.2 Å². The minimum Gasteiger partial charge on any atom is -0.333 e. The number of benzene rings is 1. The lowest BCUT2D eigenvalue weighted by atomic mass is 10.1. The molecule has 1 atom stereocenters. The van der Waals surface area contributed by atoms with Crippen molar-refractivity contribution in [2.45, 2.75) is 32.2 Å². The van der Waals surface area contributed by atoms with Gasteiger partial charge in [-0.3, -0.25) is 19.3 Å². The number of piperazine rings is 1. The summed E-state index contributed by atoms with van der Waals surface area (Å²) < 4.78 is 0. The smallest absolute Gasteiger partial charge is 0.325 e. The minimum atomic E-state index is -0.987. The Bertz CT molecular complexity index is 632. The lowest BCUT2D eigenvalue weighted by Crippen LogP contribution is -2.58. The van der Waals surface area contributed by atoms with Crippen molar-refractivity contribution in [2.24, 2.45) is 0 Å². The van der Waals surface area contributed by atoms with E-state index < -0.39 is 23.9 Å². The molecule has 1 aliphatic heterocycles. The molecular weight excluding hydrogens is 322 g/mol. The highest BCUT2D eigenvalue weighted by Gasteiger charge is 2.36. The van der Waals surface area contributed by atoms with Crippen LogP contribution in [0.15, 0.2) is 30.3 Å². The summed E-state index contributed by atoms with van der Waals surface area (Å²) in [7, 11) is 0. The van der Waals surface area contributed by atoms with Crippen molar-refractivity contribution in [2.75, 3.05) is 19.6 Å². The molecule has 1 aromatic carbocycles. The van der Waals surface area contributed by atoms with Gasteiger partial charge in [0, 0.05) is 19.6 Å². The van der Waals surface area contributed by atoms with Crippen LogP contribution in [0.2, 0.25) is 0 Å². The van der Waals surface area contributed by atoms with Crippen molar-refractivity contribution in [1.82, 2.24) is 15.1 Å². The van der Waals surface area contributed by atoms with Gasteiger partial charge in [0.1, 0.15) is 6.04 Å². The predicted octanol–water partition coefficient (Wildman–Crippen LogP) is 1.41. The maximum absolute atomic E-state index is 12.3. The molecule has 0 saturated carbocycles. The number of rotatable bonds is 7.